The Kier molecular flexibility index (Phi) is 1.83. The summed E-state index contributed by atoms with van der Waals surface area (Å²) in [6.45, 7) is 3.43. The fourth-order valence-corrected chi connectivity index (χ4v) is 3.51. The lowest BCUT2D eigenvalue weighted by atomic mass is 9.98. The van der Waals surface area contributed by atoms with E-state index >= 15 is 0 Å². The average molecular weight is 219 g/mol. The van der Waals surface area contributed by atoms with Gasteiger partial charge in [-0.1, -0.05) is 0 Å². The maximum Gasteiger partial charge on any atom is 0.327 e. The van der Waals surface area contributed by atoms with Crippen LogP contribution in [0.4, 0.5) is 4.39 Å². The van der Waals surface area contributed by atoms with E-state index in [0.29, 0.717) is 0 Å². The lowest BCUT2D eigenvalue weighted by molar-refractivity contribution is -0.164. The zero-order valence-electron chi connectivity index (χ0n) is 7.73. The van der Waals surface area contributed by atoms with Crippen molar-refractivity contribution in [3.8, 4) is 0 Å². The van der Waals surface area contributed by atoms with Gasteiger partial charge in [-0.25, -0.2) is 9.18 Å². The highest BCUT2D eigenvalue weighted by Gasteiger charge is 2.64. The molecule has 14 heavy (non-hydrogen) atoms. The summed E-state index contributed by atoms with van der Waals surface area (Å²) in [4.78, 5) is 23.2. The predicted octanol–water partition coefficient (Wildman–Crippen LogP) is 0.471. The van der Waals surface area contributed by atoms with Crippen molar-refractivity contribution in [2.45, 2.75) is 36.2 Å². The molecule has 0 aliphatic carbocycles. The zero-order valence-corrected chi connectivity index (χ0v) is 8.55. The molecule has 2 aliphatic rings. The SMILES string of the molecule is CC1(C)S[C@@H]2[C@H](F)C(=O)N2[C@H]1C(=O)O. The van der Waals surface area contributed by atoms with Gasteiger partial charge in [0.15, 0.2) is 0 Å². The van der Waals surface area contributed by atoms with Gasteiger partial charge < -0.3 is 10.0 Å². The van der Waals surface area contributed by atoms with Crippen LogP contribution in [0.25, 0.3) is 0 Å². The Morgan fingerprint density at radius 1 is 1.64 bits per heavy atom. The van der Waals surface area contributed by atoms with Gasteiger partial charge in [0.25, 0.3) is 5.91 Å². The first-order valence-electron chi connectivity index (χ1n) is 4.23. The van der Waals surface area contributed by atoms with Crippen LogP contribution in [0, 0.1) is 0 Å². The number of amides is 1. The molecule has 4 nitrogen and oxygen atoms in total. The van der Waals surface area contributed by atoms with Crippen LogP contribution >= 0.6 is 11.8 Å². The number of carbonyl (C=O) groups excluding carboxylic acids is 1. The van der Waals surface area contributed by atoms with Crippen LogP contribution in [0.15, 0.2) is 0 Å². The number of nitrogens with zero attached hydrogens (tertiary/aromatic N) is 1. The van der Waals surface area contributed by atoms with Gasteiger partial charge in [0.05, 0.1) is 0 Å². The van der Waals surface area contributed by atoms with Crippen LogP contribution in [0.2, 0.25) is 0 Å². The van der Waals surface area contributed by atoms with Gasteiger partial charge in [-0.05, 0) is 13.8 Å². The third-order valence-electron chi connectivity index (χ3n) is 2.61. The lowest BCUT2D eigenvalue weighted by Gasteiger charge is -2.39. The highest BCUT2D eigenvalue weighted by atomic mass is 32.2. The van der Waals surface area contributed by atoms with Crippen molar-refractivity contribution in [3.05, 3.63) is 0 Å². The normalized spacial score (nSPS) is 39.2. The summed E-state index contributed by atoms with van der Waals surface area (Å²) in [5, 5.41) is 8.35. The van der Waals surface area contributed by atoms with Crippen LogP contribution in [0.1, 0.15) is 13.8 Å². The van der Waals surface area contributed by atoms with E-state index < -0.39 is 34.2 Å². The van der Waals surface area contributed by atoms with Crippen molar-refractivity contribution < 1.29 is 19.1 Å². The number of alkyl halides is 1. The number of carbonyl (C=O) groups is 2. The number of hydrogen-bond acceptors (Lipinski definition) is 3. The second kappa shape index (κ2) is 2.62. The monoisotopic (exact) mass is 219 g/mol. The van der Waals surface area contributed by atoms with Crippen LogP contribution in [-0.4, -0.2) is 44.2 Å². The van der Waals surface area contributed by atoms with Crippen LogP contribution < -0.4 is 0 Å². The Morgan fingerprint density at radius 3 is 2.71 bits per heavy atom. The van der Waals surface area contributed by atoms with E-state index in [0.717, 1.165) is 4.90 Å². The molecule has 0 radical (unpaired) electrons. The molecule has 3 atom stereocenters. The average Bonchev–Trinajstić information content (AvgIpc) is 2.34. The van der Waals surface area contributed by atoms with Gasteiger partial charge >= 0.3 is 5.97 Å². The van der Waals surface area contributed by atoms with Crippen LogP contribution in [0.3, 0.4) is 0 Å². The Labute approximate surface area is 84.4 Å². The minimum Gasteiger partial charge on any atom is -0.480 e. The third kappa shape index (κ3) is 1.00. The van der Waals surface area contributed by atoms with E-state index in [1.807, 2.05) is 0 Å². The number of fused-ring (bicyclic) bond motifs is 1. The van der Waals surface area contributed by atoms with Crippen molar-refractivity contribution in [1.82, 2.24) is 4.90 Å². The number of hydrogen-bond donors (Lipinski definition) is 1. The number of rotatable bonds is 1. The van der Waals surface area contributed by atoms with Gasteiger partial charge in [0.2, 0.25) is 6.17 Å². The highest BCUT2D eigenvalue weighted by Crippen LogP contribution is 2.51. The highest BCUT2D eigenvalue weighted by molar-refractivity contribution is 8.01. The summed E-state index contributed by atoms with van der Waals surface area (Å²) in [5.74, 6) is -1.76. The van der Waals surface area contributed by atoms with E-state index in [1.54, 1.807) is 13.8 Å². The molecule has 78 valence electrons. The molecule has 0 saturated carbocycles. The fraction of sp³-hybridized carbons (Fsp3) is 0.750. The van der Waals surface area contributed by atoms with E-state index in [1.165, 1.54) is 11.8 Å². The molecule has 0 aromatic heterocycles. The number of carboxylic acids is 1. The molecule has 0 spiro atoms. The number of β-lactam (4-membered cyclic amide) rings is 1. The molecule has 0 aromatic rings. The first kappa shape index (κ1) is 9.76. The minimum atomic E-state index is -1.52. The van der Waals surface area contributed by atoms with Crippen molar-refractivity contribution in [2.75, 3.05) is 0 Å². The third-order valence-corrected chi connectivity index (χ3v) is 4.15. The molecule has 1 N–H and O–H groups in total. The van der Waals surface area contributed by atoms with E-state index in [9.17, 15) is 14.0 Å². The molecule has 2 rings (SSSR count). The predicted molar refractivity (Wildman–Crippen MR) is 48.6 cm³/mol. The van der Waals surface area contributed by atoms with Crippen molar-refractivity contribution >= 4 is 23.6 Å². The summed E-state index contributed by atoms with van der Waals surface area (Å²) in [6.07, 6.45) is -1.52. The van der Waals surface area contributed by atoms with Crippen LogP contribution in [0.5, 0.6) is 0 Å². The van der Waals surface area contributed by atoms with E-state index in [2.05, 4.69) is 0 Å². The smallest absolute Gasteiger partial charge is 0.327 e. The summed E-state index contributed by atoms with van der Waals surface area (Å²) < 4.78 is 12.4. The van der Waals surface area contributed by atoms with Gasteiger partial charge in [0.1, 0.15) is 11.4 Å². The topological polar surface area (TPSA) is 57.6 Å². The Balaban J connectivity index is 2.32. The maximum absolute atomic E-state index is 13.0. The number of thioether (sulfide) groups is 1. The molecular weight excluding hydrogens is 209 g/mol. The Hall–Kier alpha value is -0.780. The molecule has 1 amide bonds. The second-order valence-corrected chi connectivity index (χ2v) is 5.77. The second-order valence-electron chi connectivity index (χ2n) is 4.00. The first-order chi connectivity index (χ1) is 6.36. The quantitative estimate of drug-likeness (QED) is 0.651. The molecule has 0 bridgehead atoms. The van der Waals surface area contributed by atoms with Crippen molar-refractivity contribution in [1.29, 1.82) is 0 Å². The largest absolute Gasteiger partial charge is 0.480 e. The summed E-state index contributed by atoms with van der Waals surface area (Å²) in [6, 6.07) is -0.906. The van der Waals surface area contributed by atoms with E-state index in [4.69, 9.17) is 5.11 Å². The molecule has 2 fully saturated rings. The Bertz CT molecular complexity index is 320. The van der Waals surface area contributed by atoms with E-state index in [-0.39, 0.29) is 0 Å². The van der Waals surface area contributed by atoms with Gasteiger partial charge in [0, 0.05) is 4.75 Å². The standard InChI is InChI=1S/C8H10FNO3S/c1-8(2)4(7(12)13)10-5(11)3(9)6(10)14-8/h3-4,6H,1-2H3,(H,12,13)/t3-,4+,6-/m1/s1. The van der Waals surface area contributed by atoms with Gasteiger partial charge in [-0.3, -0.25) is 4.79 Å². The number of carboxylic acid groups (broad SMARTS) is 1. The molecule has 6 heteroatoms. The molecule has 2 heterocycles. The van der Waals surface area contributed by atoms with Gasteiger partial charge in [-0.15, -0.1) is 11.8 Å². The molecule has 2 aliphatic heterocycles. The fourth-order valence-electron chi connectivity index (χ4n) is 1.97. The van der Waals surface area contributed by atoms with Crippen molar-refractivity contribution in [3.63, 3.8) is 0 Å². The molecule has 2 saturated heterocycles. The summed E-state index contributed by atoms with van der Waals surface area (Å²) >= 11 is 1.22. The Morgan fingerprint density at radius 2 is 2.21 bits per heavy atom. The summed E-state index contributed by atoms with van der Waals surface area (Å²) in [7, 11) is 0. The maximum atomic E-state index is 13.0. The zero-order chi connectivity index (χ0) is 10.7. The molecule has 0 unspecified atom stereocenters. The molecular formula is C8H10FNO3S. The van der Waals surface area contributed by atoms with Crippen LogP contribution in [-0.2, 0) is 9.59 Å². The number of halogens is 1. The van der Waals surface area contributed by atoms with Crippen molar-refractivity contribution in [2.24, 2.45) is 0 Å². The summed E-state index contributed by atoms with van der Waals surface area (Å²) in [5.41, 5.74) is 0. The molecule has 0 aromatic carbocycles. The number of aliphatic carboxylic acids is 1. The minimum absolute atomic E-state index is 0.599. The lowest BCUT2D eigenvalue weighted by Crippen LogP contribution is -2.63. The first-order valence-corrected chi connectivity index (χ1v) is 5.11. The van der Waals surface area contributed by atoms with Gasteiger partial charge in [-0.2, -0.15) is 0 Å².